The van der Waals surface area contributed by atoms with Gasteiger partial charge in [-0.3, -0.25) is 0 Å². The lowest BCUT2D eigenvalue weighted by atomic mass is 9.93. The van der Waals surface area contributed by atoms with Gasteiger partial charge >= 0.3 is 0 Å². The van der Waals surface area contributed by atoms with E-state index in [9.17, 15) is 0 Å². The quantitative estimate of drug-likeness (QED) is 0.818. The lowest BCUT2D eigenvalue weighted by Gasteiger charge is -2.16. The molecule has 2 rings (SSSR count). The fourth-order valence-electron chi connectivity index (χ4n) is 2.13. The third-order valence-electron chi connectivity index (χ3n) is 3.28. The third-order valence-corrected chi connectivity index (χ3v) is 3.62. The van der Waals surface area contributed by atoms with Crippen molar-refractivity contribution in [3.05, 3.63) is 58.6 Å². The molecular weight excluding hydrogens is 260 g/mol. The number of hydrogen-bond donors (Lipinski definition) is 0. The Labute approximate surface area is 118 Å². The van der Waals surface area contributed by atoms with Gasteiger partial charge in [-0.15, -0.1) is 0 Å². The molecule has 2 aromatic rings. The monoisotopic (exact) mass is 276 g/mol. The molecule has 0 aromatic heterocycles. The maximum Gasteiger partial charge on any atom is 0.161 e. The second kappa shape index (κ2) is 5.98. The van der Waals surface area contributed by atoms with Crippen molar-refractivity contribution >= 4 is 11.6 Å². The fraction of sp³-hybridized carbons (Fsp3) is 0.250. The highest BCUT2D eigenvalue weighted by atomic mass is 35.5. The highest BCUT2D eigenvalue weighted by Gasteiger charge is 2.14. The highest BCUT2D eigenvalue weighted by Crippen LogP contribution is 2.35. The van der Waals surface area contributed by atoms with Crippen LogP contribution in [0.2, 0.25) is 5.02 Å². The molecule has 1 atom stereocenters. The lowest BCUT2D eigenvalue weighted by molar-refractivity contribution is 0.354. The Hall–Kier alpha value is -1.67. The Bertz CT molecular complexity index is 566. The van der Waals surface area contributed by atoms with Crippen LogP contribution in [0.3, 0.4) is 0 Å². The van der Waals surface area contributed by atoms with Crippen molar-refractivity contribution in [2.45, 2.75) is 12.8 Å². The molecule has 0 saturated carbocycles. The van der Waals surface area contributed by atoms with Crippen LogP contribution in [0.15, 0.2) is 42.5 Å². The minimum atomic E-state index is 0.202. The predicted molar refractivity (Wildman–Crippen MR) is 78.5 cm³/mol. The molecule has 0 N–H and O–H groups in total. The van der Waals surface area contributed by atoms with Crippen LogP contribution >= 0.6 is 11.6 Å². The maximum atomic E-state index is 6.25. The first-order valence-electron chi connectivity index (χ1n) is 6.13. The Morgan fingerprint density at radius 1 is 0.947 bits per heavy atom. The molecule has 0 amide bonds. The van der Waals surface area contributed by atoms with E-state index in [-0.39, 0.29) is 5.92 Å². The van der Waals surface area contributed by atoms with Crippen LogP contribution in [0.25, 0.3) is 0 Å². The van der Waals surface area contributed by atoms with E-state index in [1.807, 2.05) is 42.5 Å². The molecule has 0 heterocycles. The van der Waals surface area contributed by atoms with Gasteiger partial charge < -0.3 is 9.47 Å². The summed E-state index contributed by atoms with van der Waals surface area (Å²) in [5.74, 6) is 1.67. The van der Waals surface area contributed by atoms with Crippen molar-refractivity contribution in [1.29, 1.82) is 0 Å². The van der Waals surface area contributed by atoms with Gasteiger partial charge in [0.05, 0.1) is 14.2 Å². The average molecular weight is 277 g/mol. The number of rotatable bonds is 4. The molecule has 19 heavy (non-hydrogen) atoms. The molecule has 2 aromatic carbocycles. The van der Waals surface area contributed by atoms with E-state index >= 15 is 0 Å². The first-order chi connectivity index (χ1) is 9.17. The first kappa shape index (κ1) is 13.8. The summed E-state index contributed by atoms with van der Waals surface area (Å²) in [6.07, 6.45) is 0. The minimum absolute atomic E-state index is 0.202. The van der Waals surface area contributed by atoms with E-state index in [4.69, 9.17) is 21.1 Å². The molecule has 0 aliphatic heterocycles. The maximum absolute atomic E-state index is 6.25. The van der Waals surface area contributed by atoms with E-state index in [0.29, 0.717) is 0 Å². The molecular formula is C16H17ClO2. The topological polar surface area (TPSA) is 18.5 Å². The first-order valence-corrected chi connectivity index (χ1v) is 6.51. The van der Waals surface area contributed by atoms with Gasteiger partial charge in [-0.1, -0.05) is 42.8 Å². The summed E-state index contributed by atoms with van der Waals surface area (Å²) in [4.78, 5) is 0. The molecule has 0 saturated heterocycles. The zero-order valence-electron chi connectivity index (χ0n) is 11.3. The van der Waals surface area contributed by atoms with Crippen LogP contribution in [0.4, 0.5) is 0 Å². The van der Waals surface area contributed by atoms with E-state index in [1.54, 1.807) is 14.2 Å². The van der Waals surface area contributed by atoms with Crippen molar-refractivity contribution in [2.75, 3.05) is 14.2 Å². The Morgan fingerprint density at radius 3 is 2.26 bits per heavy atom. The van der Waals surface area contributed by atoms with Gasteiger partial charge in [-0.25, -0.2) is 0 Å². The molecule has 0 aliphatic rings. The van der Waals surface area contributed by atoms with Crippen molar-refractivity contribution in [1.82, 2.24) is 0 Å². The zero-order chi connectivity index (χ0) is 13.8. The Kier molecular flexibility index (Phi) is 4.33. The molecule has 0 bridgehead atoms. The van der Waals surface area contributed by atoms with Crippen molar-refractivity contribution < 1.29 is 9.47 Å². The molecule has 0 radical (unpaired) electrons. The number of methoxy groups -OCH3 is 2. The van der Waals surface area contributed by atoms with E-state index in [0.717, 1.165) is 27.6 Å². The van der Waals surface area contributed by atoms with Crippen LogP contribution in [0.5, 0.6) is 11.5 Å². The van der Waals surface area contributed by atoms with Crippen molar-refractivity contribution in [3.8, 4) is 11.5 Å². The van der Waals surface area contributed by atoms with E-state index in [2.05, 4.69) is 6.92 Å². The average Bonchev–Trinajstić information content (AvgIpc) is 2.46. The Morgan fingerprint density at radius 2 is 1.63 bits per heavy atom. The molecule has 0 fully saturated rings. The summed E-state index contributed by atoms with van der Waals surface area (Å²) in [5, 5.41) is 0.782. The van der Waals surface area contributed by atoms with Gasteiger partial charge in [0, 0.05) is 10.9 Å². The Balaban J connectivity index is 2.39. The van der Waals surface area contributed by atoms with Crippen LogP contribution < -0.4 is 9.47 Å². The number of hydrogen-bond acceptors (Lipinski definition) is 2. The van der Waals surface area contributed by atoms with Gasteiger partial charge in [-0.05, 0) is 29.3 Å². The minimum Gasteiger partial charge on any atom is -0.493 e. The van der Waals surface area contributed by atoms with E-state index < -0.39 is 0 Å². The van der Waals surface area contributed by atoms with Crippen LogP contribution in [-0.4, -0.2) is 14.2 Å². The standard InChI is InChI=1S/C16H17ClO2/c1-11(13-6-4-5-7-14(13)17)12-8-9-15(18-2)16(10-12)19-3/h4-11H,1-3H3/t11-/m0/s1. The molecule has 0 unspecified atom stereocenters. The van der Waals surface area contributed by atoms with Crippen molar-refractivity contribution in [3.63, 3.8) is 0 Å². The van der Waals surface area contributed by atoms with Crippen LogP contribution in [0, 0.1) is 0 Å². The van der Waals surface area contributed by atoms with Gasteiger partial charge in [-0.2, -0.15) is 0 Å². The van der Waals surface area contributed by atoms with Gasteiger partial charge in [0.2, 0.25) is 0 Å². The molecule has 3 heteroatoms. The molecule has 0 aliphatic carbocycles. The number of ether oxygens (including phenoxy) is 2. The summed E-state index contributed by atoms with van der Waals surface area (Å²) in [6.45, 7) is 2.13. The lowest BCUT2D eigenvalue weighted by Crippen LogP contribution is -1.99. The summed E-state index contributed by atoms with van der Waals surface area (Å²) >= 11 is 6.25. The number of benzene rings is 2. The second-order valence-corrected chi connectivity index (χ2v) is 4.76. The molecule has 0 spiro atoms. The van der Waals surface area contributed by atoms with Crippen LogP contribution in [0.1, 0.15) is 24.0 Å². The normalized spacial score (nSPS) is 12.0. The summed E-state index contributed by atoms with van der Waals surface area (Å²) in [7, 11) is 3.27. The second-order valence-electron chi connectivity index (χ2n) is 4.36. The number of halogens is 1. The fourth-order valence-corrected chi connectivity index (χ4v) is 2.43. The van der Waals surface area contributed by atoms with Crippen molar-refractivity contribution in [2.24, 2.45) is 0 Å². The molecule has 2 nitrogen and oxygen atoms in total. The van der Waals surface area contributed by atoms with Gasteiger partial charge in [0.25, 0.3) is 0 Å². The third kappa shape index (κ3) is 2.85. The predicted octanol–water partition coefficient (Wildman–Crippen LogP) is 4.51. The van der Waals surface area contributed by atoms with E-state index in [1.165, 1.54) is 0 Å². The summed E-state index contributed by atoms with van der Waals surface area (Å²) < 4.78 is 10.6. The SMILES string of the molecule is COc1ccc([C@H](C)c2ccccc2Cl)cc1OC. The largest absolute Gasteiger partial charge is 0.493 e. The zero-order valence-corrected chi connectivity index (χ0v) is 12.1. The molecule has 100 valence electrons. The smallest absolute Gasteiger partial charge is 0.161 e. The van der Waals surface area contributed by atoms with Gasteiger partial charge in [0.15, 0.2) is 11.5 Å². The summed E-state index contributed by atoms with van der Waals surface area (Å²) in [6, 6.07) is 13.8. The van der Waals surface area contributed by atoms with Crippen LogP contribution in [-0.2, 0) is 0 Å². The van der Waals surface area contributed by atoms with Gasteiger partial charge in [0.1, 0.15) is 0 Å². The highest BCUT2D eigenvalue weighted by molar-refractivity contribution is 6.31. The summed E-state index contributed by atoms with van der Waals surface area (Å²) in [5.41, 5.74) is 2.25.